The van der Waals surface area contributed by atoms with E-state index in [2.05, 4.69) is 22.1 Å². The lowest BCUT2D eigenvalue weighted by Gasteiger charge is -2.10. The molecular weight excluding hydrogens is 386 g/mol. The van der Waals surface area contributed by atoms with E-state index >= 15 is 0 Å². The third-order valence-corrected chi connectivity index (χ3v) is 6.37. The first-order valence-electron chi connectivity index (χ1n) is 9.58. The van der Waals surface area contributed by atoms with Crippen LogP contribution in [-0.2, 0) is 24.3 Å². The Labute approximate surface area is 172 Å². The minimum atomic E-state index is 0.227. The van der Waals surface area contributed by atoms with E-state index in [9.17, 15) is 0 Å². The van der Waals surface area contributed by atoms with Crippen molar-refractivity contribution < 1.29 is 9.57 Å². The van der Waals surface area contributed by atoms with Gasteiger partial charge in [-0.05, 0) is 61.1 Å². The van der Waals surface area contributed by atoms with Crippen molar-refractivity contribution in [1.29, 1.82) is 0 Å². The van der Waals surface area contributed by atoms with Crippen LogP contribution < -0.4 is 10.2 Å². The van der Waals surface area contributed by atoms with Gasteiger partial charge in [0.15, 0.2) is 11.5 Å². The van der Waals surface area contributed by atoms with Crippen LogP contribution in [0.5, 0.6) is 5.75 Å². The molecule has 0 unspecified atom stereocenters. The predicted molar refractivity (Wildman–Crippen MR) is 113 cm³/mol. The second-order valence-electron chi connectivity index (χ2n) is 7.03. The van der Waals surface area contributed by atoms with E-state index in [0.29, 0.717) is 11.5 Å². The summed E-state index contributed by atoms with van der Waals surface area (Å²) in [5.74, 6) is 1.40. The Morgan fingerprint density at radius 1 is 1.24 bits per heavy atom. The highest BCUT2D eigenvalue weighted by molar-refractivity contribution is 7.19. The molecule has 3 heterocycles. The number of thiophene rings is 1. The molecule has 0 saturated heterocycles. The normalized spacial score (nSPS) is 13.6. The summed E-state index contributed by atoms with van der Waals surface area (Å²) in [6.07, 6.45) is 6.45. The van der Waals surface area contributed by atoms with Crippen molar-refractivity contribution >= 4 is 32.9 Å². The van der Waals surface area contributed by atoms with E-state index < -0.39 is 0 Å². The van der Waals surface area contributed by atoms with Crippen LogP contribution >= 0.6 is 11.3 Å². The minimum absolute atomic E-state index is 0.227. The van der Waals surface area contributed by atoms with Crippen LogP contribution in [0.15, 0.2) is 37.2 Å². The predicted octanol–water partition coefficient (Wildman–Crippen LogP) is 3.92. The molecule has 0 aliphatic heterocycles. The van der Waals surface area contributed by atoms with E-state index in [1.54, 1.807) is 29.3 Å². The van der Waals surface area contributed by atoms with Gasteiger partial charge in [0.05, 0.1) is 18.2 Å². The summed E-state index contributed by atoms with van der Waals surface area (Å²) in [6.45, 7) is 4.23. The molecule has 1 N–H and O–H groups in total. The quantitative estimate of drug-likeness (QED) is 0.489. The summed E-state index contributed by atoms with van der Waals surface area (Å²) < 4.78 is 6.92. The smallest absolute Gasteiger partial charge is 0.180 e. The Bertz CT molecular complexity index is 1200. The van der Waals surface area contributed by atoms with Gasteiger partial charge >= 0.3 is 0 Å². The standard InChI is InChI=1S/C21H21N5O2S/c1-13(14-7-9-15(27-2)10-8-14)25-28-11-18-23-20-19-16-5-3-4-6-17(16)29-21(19)22-12-26(20)24-18/h7-10,12,25H,1,3-6,11H2,2H3. The highest BCUT2D eigenvalue weighted by atomic mass is 32.1. The van der Waals surface area contributed by atoms with Gasteiger partial charge in [0.2, 0.25) is 0 Å². The highest BCUT2D eigenvalue weighted by Crippen LogP contribution is 2.36. The molecule has 1 aromatic carbocycles. The van der Waals surface area contributed by atoms with E-state index in [0.717, 1.165) is 40.0 Å². The first kappa shape index (κ1) is 18.1. The number of benzene rings is 1. The van der Waals surface area contributed by atoms with Gasteiger partial charge in [-0.3, -0.25) is 10.3 Å². The van der Waals surface area contributed by atoms with Crippen LogP contribution in [0.2, 0.25) is 0 Å². The van der Waals surface area contributed by atoms with Gasteiger partial charge in [0.25, 0.3) is 0 Å². The summed E-state index contributed by atoms with van der Waals surface area (Å²) in [4.78, 5) is 17.4. The van der Waals surface area contributed by atoms with E-state index in [1.165, 1.54) is 23.3 Å². The zero-order valence-electron chi connectivity index (χ0n) is 16.1. The van der Waals surface area contributed by atoms with Crippen LogP contribution in [-0.4, -0.2) is 26.7 Å². The maximum absolute atomic E-state index is 5.59. The Hall–Kier alpha value is -2.97. The molecule has 7 nitrogen and oxygen atoms in total. The summed E-state index contributed by atoms with van der Waals surface area (Å²) in [5, 5.41) is 5.67. The summed E-state index contributed by atoms with van der Waals surface area (Å²) in [5.41, 5.74) is 6.72. The number of hydroxylamine groups is 1. The van der Waals surface area contributed by atoms with Crippen molar-refractivity contribution in [1.82, 2.24) is 25.1 Å². The molecule has 0 amide bonds. The lowest BCUT2D eigenvalue weighted by molar-refractivity contribution is 0.0603. The Morgan fingerprint density at radius 3 is 2.90 bits per heavy atom. The van der Waals surface area contributed by atoms with Crippen LogP contribution in [0.1, 0.15) is 34.7 Å². The van der Waals surface area contributed by atoms with Crippen molar-refractivity contribution in [2.75, 3.05) is 7.11 Å². The van der Waals surface area contributed by atoms with Gasteiger partial charge in [-0.15, -0.1) is 16.4 Å². The lowest BCUT2D eigenvalue weighted by atomic mass is 9.97. The maximum atomic E-state index is 5.59. The number of methoxy groups -OCH3 is 1. The molecule has 0 bridgehead atoms. The van der Waals surface area contributed by atoms with Gasteiger partial charge in [-0.25, -0.2) is 14.5 Å². The molecule has 3 aromatic heterocycles. The molecule has 0 atom stereocenters. The first-order chi connectivity index (χ1) is 14.2. The molecule has 0 radical (unpaired) electrons. The molecule has 4 aromatic rings. The Balaban J connectivity index is 1.32. The number of aromatic nitrogens is 4. The summed E-state index contributed by atoms with van der Waals surface area (Å²) >= 11 is 1.79. The topological polar surface area (TPSA) is 73.6 Å². The van der Waals surface area contributed by atoms with Crippen LogP contribution in [0, 0.1) is 0 Å². The number of nitrogens with zero attached hydrogens (tertiary/aromatic N) is 4. The van der Waals surface area contributed by atoms with Gasteiger partial charge in [-0.2, -0.15) is 0 Å². The van der Waals surface area contributed by atoms with Gasteiger partial charge in [0.1, 0.15) is 23.5 Å². The van der Waals surface area contributed by atoms with Crippen LogP contribution in [0.3, 0.4) is 0 Å². The van der Waals surface area contributed by atoms with Crippen molar-refractivity contribution in [3.05, 3.63) is 59.0 Å². The van der Waals surface area contributed by atoms with E-state index in [-0.39, 0.29) is 6.61 Å². The number of aryl methyl sites for hydroxylation is 2. The Morgan fingerprint density at radius 2 is 2.07 bits per heavy atom. The van der Waals surface area contributed by atoms with E-state index in [4.69, 9.17) is 14.6 Å². The Kier molecular flexibility index (Phi) is 4.65. The highest BCUT2D eigenvalue weighted by Gasteiger charge is 2.20. The molecule has 5 rings (SSSR count). The summed E-state index contributed by atoms with van der Waals surface area (Å²) in [6, 6.07) is 7.60. The zero-order valence-corrected chi connectivity index (χ0v) is 17.0. The van der Waals surface area contributed by atoms with Crippen LogP contribution in [0.25, 0.3) is 21.6 Å². The molecule has 0 saturated carbocycles. The summed E-state index contributed by atoms with van der Waals surface area (Å²) in [7, 11) is 1.64. The van der Waals surface area contributed by atoms with Crippen molar-refractivity contribution in [2.24, 2.45) is 0 Å². The average Bonchev–Trinajstić information content (AvgIpc) is 3.34. The molecule has 8 heteroatoms. The SMILES string of the molecule is C=C(NOCc1nc2c3c4c(sc3ncn2n1)CCCC4)c1ccc(OC)cc1. The molecular formula is C21H21N5O2S. The van der Waals surface area contributed by atoms with Crippen molar-refractivity contribution in [3.63, 3.8) is 0 Å². The fraction of sp³-hybridized carbons (Fsp3) is 0.286. The van der Waals surface area contributed by atoms with Crippen molar-refractivity contribution in [3.8, 4) is 5.75 Å². The number of nitrogens with one attached hydrogen (secondary N) is 1. The van der Waals surface area contributed by atoms with E-state index in [1.807, 2.05) is 24.3 Å². The average molecular weight is 407 g/mol. The molecule has 148 valence electrons. The number of ether oxygens (including phenoxy) is 1. The fourth-order valence-electron chi connectivity index (χ4n) is 3.70. The molecule has 1 aliphatic rings. The zero-order chi connectivity index (χ0) is 19.8. The third-order valence-electron chi connectivity index (χ3n) is 5.17. The second kappa shape index (κ2) is 7.46. The molecule has 29 heavy (non-hydrogen) atoms. The minimum Gasteiger partial charge on any atom is -0.497 e. The number of hydrogen-bond acceptors (Lipinski definition) is 7. The van der Waals surface area contributed by atoms with Gasteiger partial charge in [-0.1, -0.05) is 6.58 Å². The van der Waals surface area contributed by atoms with Crippen molar-refractivity contribution in [2.45, 2.75) is 32.3 Å². The molecule has 0 fully saturated rings. The number of rotatable bonds is 6. The fourth-order valence-corrected chi connectivity index (χ4v) is 4.92. The largest absolute Gasteiger partial charge is 0.497 e. The van der Waals surface area contributed by atoms with Gasteiger partial charge in [0, 0.05) is 4.88 Å². The maximum Gasteiger partial charge on any atom is 0.180 e. The number of fused-ring (bicyclic) bond motifs is 5. The lowest BCUT2D eigenvalue weighted by Crippen LogP contribution is -2.12. The number of hydrogen-bond donors (Lipinski definition) is 1. The second-order valence-corrected chi connectivity index (χ2v) is 8.11. The van der Waals surface area contributed by atoms with Crippen LogP contribution in [0.4, 0.5) is 0 Å². The molecule has 0 spiro atoms. The molecule has 1 aliphatic carbocycles. The first-order valence-corrected chi connectivity index (χ1v) is 10.4. The monoisotopic (exact) mass is 407 g/mol. The third kappa shape index (κ3) is 3.34. The van der Waals surface area contributed by atoms with Gasteiger partial charge < -0.3 is 4.74 Å².